The first-order chi connectivity index (χ1) is 8.10. The number of methoxy groups -OCH3 is 2. The Kier molecular flexibility index (Phi) is 5.10. The van der Waals surface area contributed by atoms with Crippen LogP contribution in [0.3, 0.4) is 0 Å². The summed E-state index contributed by atoms with van der Waals surface area (Å²) in [6.45, 7) is 4.64. The van der Waals surface area contributed by atoms with Crippen LogP contribution in [0.1, 0.15) is 13.8 Å². The summed E-state index contributed by atoms with van der Waals surface area (Å²) in [5.74, 6) is 2.49. The summed E-state index contributed by atoms with van der Waals surface area (Å²) in [5.41, 5.74) is 5.68. The Morgan fingerprint density at radius 1 is 1.00 bits per heavy atom. The van der Waals surface area contributed by atoms with Gasteiger partial charge in [-0.25, -0.2) is 0 Å². The van der Waals surface area contributed by atoms with Crippen LogP contribution in [0.4, 0.5) is 0 Å². The molecule has 0 spiro atoms. The number of nitrogens with two attached hydrogens (primary N) is 1. The lowest BCUT2D eigenvalue weighted by Crippen LogP contribution is -2.31. The standard InChI is InChI=1S/C13H21NO3/c1-9(2)13(8-14)17-12-6-10(15-3)5-11(7-12)16-4/h5-7,9,13H,8,14H2,1-4H3. The molecule has 1 atom stereocenters. The zero-order chi connectivity index (χ0) is 12.8. The van der Waals surface area contributed by atoms with Crippen LogP contribution in [-0.4, -0.2) is 26.9 Å². The molecule has 0 aliphatic rings. The Morgan fingerprint density at radius 2 is 1.47 bits per heavy atom. The van der Waals surface area contributed by atoms with E-state index in [1.54, 1.807) is 20.3 Å². The molecule has 0 aliphatic heterocycles. The van der Waals surface area contributed by atoms with Gasteiger partial charge in [-0.15, -0.1) is 0 Å². The molecule has 1 rings (SSSR count). The first-order valence-electron chi connectivity index (χ1n) is 5.70. The number of benzene rings is 1. The summed E-state index contributed by atoms with van der Waals surface area (Å²) in [7, 11) is 3.23. The fourth-order valence-electron chi connectivity index (χ4n) is 1.48. The Balaban J connectivity index is 2.89. The van der Waals surface area contributed by atoms with Crippen LogP contribution in [0, 0.1) is 5.92 Å². The highest BCUT2D eigenvalue weighted by molar-refractivity contribution is 5.42. The highest BCUT2D eigenvalue weighted by Gasteiger charge is 2.14. The second kappa shape index (κ2) is 6.35. The highest BCUT2D eigenvalue weighted by Crippen LogP contribution is 2.28. The van der Waals surface area contributed by atoms with E-state index in [0.29, 0.717) is 29.7 Å². The van der Waals surface area contributed by atoms with Gasteiger partial charge in [0.05, 0.1) is 14.2 Å². The van der Waals surface area contributed by atoms with Crippen molar-refractivity contribution in [3.63, 3.8) is 0 Å². The van der Waals surface area contributed by atoms with Gasteiger partial charge in [-0.1, -0.05) is 13.8 Å². The maximum Gasteiger partial charge on any atom is 0.127 e. The van der Waals surface area contributed by atoms with Crippen molar-refractivity contribution in [2.45, 2.75) is 20.0 Å². The molecule has 1 aromatic carbocycles. The van der Waals surface area contributed by atoms with Crippen molar-refractivity contribution < 1.29 is 14.2 Å². The Bertz CT molecular complexity index is 330. The van der Waals surface area contributed by atoms with Crippen LogP contribution >= 0.6 is 0 Å². The van der Waals surface area contributed by atoms with Crippen molar-refractivity contribution in [3.05, 3.63) is 18.2 Å². The molecule has 4 nitrogen and oxygen atoms in total. The van der Waals surface area contributed by atoms with Gasteiger partial charge in [0.1, 0.15) is 23.4 Å². The molecular formula is C13H21NO3. The average molecular weight is 239 g/mol. The molecule has 0 fully saturated rings. The quantitative estimate of drug-likeness (QED) is 0.825. The zero-order valence-electron chi connectivity index (χ0n) is 10.9. The molecule has 0 heterocycles. The van der Waals surface area contributed by atoms with Crippen molar-refractivity contribution in [2.24, 2.45) is 11.7 Å². The largest absolute Gasteiger partial charge is 0.496 e. The minimum Gasteiger partial charge on any atom is -0.496 e. The average Bonchev–Trinajstić information content (AvgIpc) is 2.34. The minimum atomic E-state index is -0.00758. The topological polar surface area (TPSA) is 53.7 Å². The maximum atomic E-state index is 5.83. The molecule has 96 valence electrons. The number of hydrogen-bond donors (Lipinski definition) is 1. The molecule has 17 heavy (non-hydrogen) atoms. The molecule has 0 aromatic heterocycles. The Hall–Kier alpha value is -1.42. The van der Waals surface area contributed by atoms with Crippen molar-refractivity contribution in [1.82, 2.24) is 0 Å². The first-order valence-corrected chi connectivity index (χ1v) is 5.70. The van der Waals surface area contributed by atoms with Crippen LogP contribution in [0.15, 0.2) is 18.2 Å². The van der Waals surface area contributed by atoms with Crippen LogP contribution < -0.4 is 19.9 Å². The van der Waals surface area contributed by atoms with Crippen LogP contribution in [-0.2, 0) is 0 Å². The van der Waals surface area contributed by atoms with E-state index in [4.69, 9.17) is 19.9 Å². The van der Waals surface area contributed by atoms with Gasteiger partial charge < -0.3 is 19.9 Å². The SMILES string of the molecule is COc1cc(OC)cc(OC(CN)C(C)C)c1. The van der Waals surface area contributed by atoms with Crippen LogP contribution in [0.25, 0.3) is 0 Å². The van der Waals surface area contributed by atoms with E-state index in [0.717, 1.165) is 0 Å². The lowest BCUT2D eigenvalue weighted by molar-refractivity contribution is 0.158. The highest BCUT2D eigenvalue weighted by atomic mass is 16.5. The van der Waals surface area contributed by atoms with Crippen molar-refractivity contribution >= 4 is 0 Å². The van der Waals surface area contributed by atoms with Crippen molar-refractivity contribution in [2.75, 3.05) is 20.8 Å². The smallest absolute Gasteiger partial charge is 0.127 e. The molecule has 4 heteroatoms. The Morgan fingerprint density at radius 3 is 1.82 bits per heavy atom. The molecule has 0 radical (unpaired) electrons. The molecule has 0 bridgehead atoms. The predicted octanol–water partition coefficient (Wildman–Crippen LogP) is 2.07. The molecule has 0 amide bonds. The third-order valence-corrected chi connectivity index (χ3v) is 2.59. The van der Waals surface area contributed by atoms with Gasteiger partial charge in [0.25, 0.3) is 0 Å². The van der Waals surface area contributed by atoms with Gasteiger partial charge in [0.15, 0.2) is 0 Å². The van der Waals surface area contributed by atoms with Gasteiger partial charge in [-0.3, -0.25) is 0 Å². The van der Waals surface area contributed by atoms with Gasteiger partial charge >= 0.3 is 0 Å². The van der Waals surface area contributed by atoms with E-state index in [1.165, 1.54) is 0 Å². The fourth-order valence-corrected chi connectivity index (χ4v) is 1.48. The molecule has 2 N–H and O–H groups in total. The fraction of sp³-hybridized carbons (Fsp3) is 0.538. The molecule has 1 aromatic rings. The van der Waals surface area contributed by atoms with Gasteiger partial charge in [-0.2, -0.15) is 0 Å². The maximum absolute atomic E-state index is 5.83. The van der Waals surface area contributed by atoms with E-state index >= 15 is 0 Å². The van der Waals surface area contributed by atoms with E-state index < -0.39 is 0 Å². The second-order valence-corrected chi connectivity index (χ2v) is 4.18. The molecular weight excluding hydrogens is 218 g/mol. The normalized spacial score (nSPS) is 12.4. The zero-order valence-corrected chi connectivity index (χ0v) is 10.9. The summed E-state index contributed by atoms with van der Waals surface area (Å²) < 4.78 is 16.2. The van der Waals surface area contributed by atoms with E-state index in [-0.39, 0.29) is 6.10 Å². The van der Waals surface area contributed by atoms with E-state index in [2.05, 4.69) is 13.8 Å². The van der Waals surface area contributed by atoms with Crippen molar-refractivity contribution in [1.29, 1.82) is 0 Å². The van der Waals surface area contributed by atoms with Gasteiger partial charge in [0, 0.05) is 24.7 Å². The molecule has 0 aliphatic carbocycles. The van der Waals surface area contributed by atoms with E-state index in [9.17, 15) is 0 Å². The third kappa shape index (κ3) is 3.82. The minimum absolute atomic E-state index is 0.00758. The van der Waals surface area contributed by atoms with Gasteiger partial charge in [0.2, 0.25) is 0 Å². The van der Waals surface area contributed by atoms with Crippen molar-refractivity contribution in [3.8, 4) is 17.2 Å². The number of ether oxygens (including phenoxy) is 3. The van der Waals surface area contributed by atoms with Gasteiger partial charge in [-0.05, 0) is 5.92 Å². The first kappa shape index (κ1) is 13.6. The predicted molar refractivity (Wildman–Crippen MR) is 67.9 cm³/mol. The van der Waals surface area contributed by atoms with Crippen LogP contribution in [0.2, 0.25) is 0 Å². The summed E-state index contributed by atoms with van der Waals surface area (Å²) in [5, 5.41) is 0. The monoisotopic (exact) mass is 239 g/mol. The number of hydrogen-bond acceptors (Lipinski definition) is 4. The summed E-state index contributed by atoms with van der Waals surface area (Å²) in [6, 6.07) is 5.46. The molecule has 0 saturated carbocycles. The number of rotatable bonds is 6. The summed E-state index contributed by atoms with van der Waals surface area (Å²) in [6.07, 6.45) is -0.00758. The molecule has 0 saturated heterocycles. The Labute approximate surface area is 103 Å². The summed E-state index contributed by atoms with van der Waals surface area (Å²) >= 11 is 0. The molecule has 1 unspecified atom stereocenters. The van der Waals surface area contributed by atoms with E-state index in [1.807, 2.05) is 12.1 Å². The third-order valence-electron chi connectivity index (χ3n) is 2.59. The second-order valence-electron chi connectivity index (χ2n) is 4.18. The lowest BCUT2D eigenvalue weighted by Gasteiger charge is -2.21. The van der Waals surface area contributed by atoms with Crippen LogP contribution in [0.5, 0.6) is 17.2 Å². The lowest BCUT2D eigenvalue weighted by atomic mass is 10.1. The summed E-state index contributed by atoms with van der Waals surface area (Å²) in [4.78, 5) is 0.